The molecule has 0 bridgehead atoms. The van der Waals surface area contributed by atoms with Crippen LogP contribution in [0, 0.1) is 0 Å². The van der Waals surface area contributed by atoms with E-state index in [2.05, 4.69) is 0 Å². The molecule has 16 heavy (non-hydrogen) atoms. The molecule has 4 nitrogen and oxygen atoms in total. The molecule has 0 aromatic heterocycles. The topological polar surface area (TPSA) is 44.8 Å². The maximum atomic E-state index is 11.5. The number of methoxy groups -OCH3 is 3. The van der Waals surface area contributed by atoms with Gasteiger partial charge in [-0.25, -0.2) is 0 Å². The average Bonchev–Trinajstić information content (AvgIpc) is 2.35. The largest absolute Gasteiger partial charge is 0.497 e. The van der Waals surface area contributed by atoms with Gasteiger partial charge in [0.25, 0.3) is 0 Å². The molecular weight excluding hydrogens is 208 g/mol. The summed E-state index contributed by atoms with van der Waals surface area (Å²) in [6.45, 7) is 1.77. The predicted octanol–water partition coefficient (Wildman–Crippen LogP) is 1.98. The summed E-state index contributed by atoms with van der Waals surface area (Å²) in [4.78, 5) is 11.5. The van der Waals surface area contributed by atoms with Crippen molar-refractivity contribution in [3.8, 4) is 11.5 Å². The van der Waals surface area contributed by atoms with E-state index in [4.69, 9.17) is 14.2 Å². The molecule has 1 aromatic carbocycles. The van der Waals surface area contributed by atoms with Gasteiger partial charge in [0.1, 0.15) is 11.5 Å². The highest BCUT2D eigenvalue weighted by atomic mass is 16.5. The van der Waals surface area contributed by atoms with Crippen LogP contribution in [0.5, 0.6) is 11.5 Å². The minimum Gasteiger partial charge on any atom is -0.497 e. The lowest BCUT2D eigenvalue weighted by atomic mass is 10.00. The van der Waals surface area contributed by atoms with Gasteiger partial charge in [-0.1, -0.05) is 0 Å². The first-order valence-corrected chi connectivity index (χ1v) is 4.93. The molecule has 1 unspecified atom stereocenters. The monoisotopic (exact) mass is 224 g/mol. The van der Waals surface area contributed by atoms with Crippen LogP contribution >= 0.6 is 0 Å². The number of carbonyl (C=O) groups excluding carboxylic acids is 1. The molecule has 0 saturated heterocycles. The maximum Gasteiger partial charge on any atom is 0.312 e. The quantitative estimate of drug-likeness (QED) is 0.733. The van der Waals surface area contributed by atoms with Gasteiger partial charge in [-0.05, 0) is 25.1 Å². The normalized spacial score (nSPS) is 11.8. The molecule has 0 aliphatic rings. The lowest BCUT2D eigenvalue weighted by Gasteiger charge is -2.14. The summed E-state index contributed by atoms with van der Waals surface area (Å²) in [7, 11) is 4.51. The Balaban J connectivity index is 3.12. The number of carbonyl (C=O) groups is 1. The van der Waals surface area contributed by atoms with Gasteiger partial charge in [0.05, 0.1) is 27.2 Å². The Kier molecular flexibility index (Phi) is 4.17. The van der Waals surface area contributed by atoms with Crippen LogP contribution in [0.15, 0.2) is 18.2 Å². The van der Waals surface area contributed by atoms with E-state index in [1.54, 1.807) is 39.3 Å². The van der Waals surface area contributed by atoms with Crippen LogP contribution in [0.4, 0.5) is 0 Å². The summed E-state index contributed by atoms with van der Waals surface area (Å²) in [6, 6.07) is 5.33. The van der Waals surface area contributed by atoms with Crippen LogP contribution in [0.1, 0.15) is 18.4 Å². The summed E-state index contributed by atoms with van der Waals surface area (Å²) >= 11 is 0. The molecule has 0 heterocycles. The third-order valence-corrected chi connectivity index (χ3v) is 2.46. The van der Waals surface area contributed by atoms with Crippen molar-refractivity contribution in [1.82, 2.24) is 0 Å². The van der Waals surface area contributed by atoms with Crippen molar-refractivity contribution in [1.29, 1.82) is 0 Å². The van der Waals surface area contributed by atoms with Gasteiger partial charge in [-0.3, -0.25) is 4.79 Å². The number of hydrogen-bond donors (Lipinski definition) is 0. The fourth-order valence-corrected chi connectivity index (χ4v) is 1.48. The molecule has 1 rings (SSSR count). The van der Waals surface area contributed by atoms with Gasteiger partial charge in [0.15, 0.2) is 0 Å². The minimum atomic E-state index is -0.380. The first-order chi connectivity index (χ1) is 7.63. The van der Waals surface area contributed by atoms with Crippen molar-refractivity contribution >= 4 is 5.97 Å². The lowest BCUT2D eigenvalue weighted by Crippen LogP contribution is -2.12. The molecular formula is C12H16O4. The number of hydrogen-bond acceptors (Lipinski definition) is 4. The van der Waals surface area contributed by atoms with E-state index in [1.807, 2.05) is 0 Å². The molecule has 0 aliphatic heterocycles. The zero-order valence-electron chi connectivity index (χ0n) is 9.94. The highest BCUT2D eigenvalue weighted by Gasteiger charge is 2.20. The van der Waals surface area contributed by atoms with Crippen molar-refractivity contribution in [2.45, 2.75) is 12.8 Å². The van der Waals surface area contributed by atoms with Gasteiger partial charge in [0.2, 0.25) is 0 Å². The minimum absolute atomic E-state index is 0.299. The van der Waals surface area contributed by atoms with Crippen LogP contribution in [-0.4, -0.2) is 27.3 Å². The van der Waals surface area contributed by atoms with Crippen molar-refractivity contribution in [3.05, 3.63) is 23.8 Å². The Bertz CT molecular complexity index is 373. The average molecular weight is 224 g/mol. The van der Waals surface area contributed by atoms with E-state index in [-0.39, 0.29) is 11.9 Å². The van der Waals surface area contributed by atoms with E-state index < -0.39 is 0 Å². The van der Waals surface area contributed by atoms with E-state index in [9.17, 15) is 4.79 Å². The van der Waals surface area contributed by atoms with Crippen molar-refractivity contribution < 1.29 is 19.0 Å². The summed E-state index contributed by atoms with van der Waals surface area (Å²) in [5.74, 6) is 0.659. The lowest BCUT2D eigenvalue weighted by molar-refractivity contribution is -0.142. The number of esters is 1. The molecule has 88 valence electrons. The first-order valence-electron chi connectivity index (χ1n) is 4.93. The zero-order valence-corrected chi connectivity index (χ0v) is 9.94. The van der Waals surface area contributed by atoms with Crippen LogP contribution in [0.2, 0.25) is 0 Å². The highest BCUT2D eigenvalue weighted by Crippen LogP contribution is 2.30. The molecule has 1 aromatic rings. The first kappa shape index (κ1) is 12.4. The molecule has 1 atom stereocenters. The van der Waals surface area contributed by atoms with Gasteiger partial charge in [-0.15, -0.1) is 0 Å². The smallest absolute Gasteiger partial charge is 0.312 e. The molecule has 0 aliphatic carbocycles. The number of rotatable bonds is 4. The SMILES string of the molecule is COC(=O)C(C)c1cc(OC)ccc1OC. The molecule has 0 N–H and O–H groups in total. The summed E-state index contributed by atoms with van der Waals surface area (Å²) < 4.78 is 15.0. The second-order valence-corrected chi connectivity index (χ2v) is 3.35. The Hall–Kier alpha value is -1.71. The summed E-state index contributed by atoms with van der Waals surface area (Å²) in [5, 5.41) is 0. The molecule has 0 fully saturated rings. The molecule has 0 amide bonds. The summed E-state index contributed by atoms with van der Waals surface area (Å²) in [6.07, 6.45) is 0. The number of benzene rings is 1. The van der Waals surface area contributed by atoms with Gasteiger partial charge in [0, 0.05) is 5.56 Å². The third kappa shape index (κ3) is 2.45. The maximum absolute atomic E-state index is 11.5. The predicted molar refractivity (Wildman–Crippen MR) is 60.0 cm³/mol. The zero-order chi connectivity index (χ0) is 12.1. The van der Waals surface area contributed by atoms with E-state index >= 15 is 0 Å². The molecule has 0 saturated carbocycles. The van der Waals surface area contributed by atoms with Crippen molar-refractivity contribution in [2.75, 3.05) is 21.3 Å². The Morgan fingerprint density at radius 2 is 1.88 bits per heavy atom. The van der Waals surface area contributed by atoms with E-state index in [1.165, 1.54) is 7.11 Å². The van der Waals surface area contributed by atoms with Crippen LogP contribution in [0.25, 0.3) is 0 Å². The van der Waals surface area contributed by atoms with E-state index in [0.717, 1.165) is 5.56 Å². The van der Waals surface area contributed by atoms with Crippen LogP contribution < -0.4 is 9.47 Å². The fraction of sp³-hybridized carbons (Fsp3) is 0.417. The summed E-state index contributed by atoms with van der Waals surface area (Å²) in [5.41, 5.74) is 0.758. The molecule has 0 radical (unpaired) electrons. The Labute approximate surface area is 95.1 Å². The van der Waals surface area contributed by atoms with Crippen LogP contribution in [-0.2, 0) is 9.53 Å². The van der Waals surface area contributed by atoms with Crippen molar-refractivity contribution in [3.63, 3.8) is 0 Å². The van der Waals surface area contributed by atoms with Gasteiger partial charge in [-0.2, -0.15) is 0 Å². The Morgan fingerprint density at radius 3 is 2.38 bits per heavy atom. The van der Waals surface area contributed by atoms with Gasteiger partial charge < -0.3 is 14.2 Å². The Morgan fingerprint density at radius 1 is 1.19 bits per heavy atom. The van der Waals surface area contributed by atoms with Crippen LogP contribution in [0.3, 0.4) is 0 Å². The number of ether oxygens (including phenoxy) is 3. The second kappa shape index (κ2) is 5.39. The fourth-order valence-electron chi connectivity index (χ4n) is 1.48. The standard InChI is InChI=1S/C12H16O4/c1-8(12(13)16-4)10-7-9(14-2)5-6-11(10)15-3/h5-8H,1-4H3. The highest BCUT2D eigenvalue weighted by molar-refractivity contribution is 5.78. The third-order valence-electron chi connectivity index (χ3n) is 2.46. The molecule has 4 heteroatoms. The molecule has 0 spiro atoms. The van der Waals surface area contributed by atoms with E-state index in [0.29, 0.717) is 11.5 Å². The van der Waals surface area contributed by atoms with Gasteiger partial charge >= 0.3 is 5.97 Å². The van der Waals surface area contributed by atoms with Crippen molar-refractivity contribution in [2.24, 2.45) is 0 Å². The second-order valence-electron chi connectivity index (χ2n) is 3.35.